The van der Waals surface area contributed by atoms with E-state index in [0.29, 0.717) is 41.9 Å². The van der Waals surface area contributed by atoms with Crippen LogP contribution in [0.5, 0.6) is 0 Å². The van der Waals surface area contributed by atoms with Crippen molar-refractivity contribution in [3.8, 4) is 11.4 Å². The number of rotatable bonds is 8. The van der Waals surface area contributed by atoms with Crippen LogP contribution in [0.2, 0.25) is 0 Å². The van der Waals surface area contributed by atoms with Crippen molar-refractivity contribution in [3.63, 3.8) is 0 Å². The molecule has 0 fully saturated rings. The molecule has 1 aromatic carbocycles. The minimum atomic E-state index is -4.76. The molecule has 0 aliphatic heterocycles. The summed E-state index contributed by atoms with van der Waals surface area (Å²) in [6.45, 7) is 2.46. The number of H-pyrrole nitrogens is 1. The van der Waals surface area contributed by atoms with Gasteiger partial charge in [-0.1, -0.05) is 13.0 Å². The summed E-state index contributed by atoms with van der Waals surface area (Å²) < 4.78 is 55.0. The highest BCUT2D eigenvalue weighted by Gasteiger charge is 2.33. The molecule has 0 radical (unpaired) electrons. The smallest absolute Gasteiger partial charge is 0.395 e. The van der Waals surface area contributed by atoms with Crippen LogP contribution in [0.15, 0.2) is 35.4 Å². The Hall–Kier alpha value is -3.74. The van der Waals surface area contributed by atoms with Crippen LogP contribution in [0.3, 0.4) is 0 Å². The van der Waals surface area contributed by atoms with Crippen molar-refractivity contribution in [1.82, 2.24) is 29.3 Å². The van der Waals surface area contributed by atoms with Crippen molar-refractivity contribution >= 4 is 17.1 Å². The van der Waals surface area contributed by atoms with Gasteiger partial charge < -0.3 is 15.4 Å². The lowest BCUT2D eigenvalue weighted by Gasteiger charge is -2.11. The van der Waals surface area contributed by atoms with Crippen LogP contribution in [0.4, 0.5) is 23.5 Å². The second-order valence-corrected chi connectivity index (χ2v) is 7.57. The lowest BCUT2D eigenvalue weighted by atomic mass is 10.1. The predicted molar refractivity (Wildman–Crippen MR) is 116 cm³/mol. The second-order valence-electron chi connectivity index (χ2n) is 7.57. The molecular weight excluding hydrogens is 458 g/mol. The number of hydrogen-bond donors (Lipinski definition) is 3. The van der Waals surface area contributed by atoms with Crippen molar-refractivity contribution in [2.45, 2.75) is 32.6 Å². The first kappa shape index (κ1) is 23.4. The SMILES string of the molecule is CCCn1c(NCCO)nc2nc(-c3cnn(Cc4ccc(C(F)(F)F)c(F)c4)c3)[nH]c2c1=O. The molecule has 0 spiro atoms. The van der Waals surface area contributed by atoms with Gasteiger partial charge >= 0.3 is 6.18 Å². The monoisotopic (exact) mass is 479 g/mol. The molecule has 0 amide bonds. The van der Waals surface area contributed by atoms with Crippen LogP contribution in [0.1, 0.15) is 24.5 Å². The molecule has 0 bridgehead atoms. The summed E-state index contributed by atoms with van der Waals surface area (Å²) >= 11 is 0. The van der Waals surface area contributed by atoms with Gasteiger partial charge in [0.1, 0.15) is 11.6 Å². The van der Waals surface area contributed by atoms with Gasteiger partial charge in [-0.25, -0.2) is 9.37 Å². The Labute approximate surface area is 190 Å². The van der Waals surface area contributed by atoms with Gasteiger partial charge in [-0.05, 0) is 24.1 Å². The van der Waals surface area contributed by atoms with Gasteiger partial charge in [-0.3, -0.25) is 14.0 Å². The van der Waals surface area contributed by atoms with Gasteiger partial charge in [0.15, 0.2) is 11.2 Å². The van der Waals surface area contributed by atoms with Crippen LogP contribution in [-0.2, 0) is 19.3 Å². The molecule has 4 rings (SSSR count). The topological polar surface area (TPSA) is 114 Å². The van der Waals surface area contributed by atoms with Gasteiger partial charge in [0.25, 0.3) is 5.56 Å². The fraction of sp³-hybridized carbons (Fsp3) is 0.333. The van der Waals surface area contributed by atoms with E-state index in [1.165, 1.54) is 21.5 Å². The quantitative estimate of drug-likeness (QED) is 0.335. The number of imidazole rings is 1. The zero-order valence-electron chi connectivity index (χ0n) is 18.0. The predicted octanol–water partition coefficient (Wildman–Crippen LogP) is 3.00. The lowest BCUT2D eigenvalue weighted by Crippen LogP contribution is -2.26. The number of aromatic nitrogens is 6. The molecular formula is C21H21F4N7O2. The average Bonchev–Trinajstić information content (AvgIpc) is 3.41. The van der Waals surface area contributed by atoms with E-state index >= 15 is 0 Å². The van der Waals surface area contributed by atoms with Crippen LogP contribution in [0.25, 0.3) is 22.6 Å². The zero-order chi connectivity index (χ0) is 24.5. The maximum absolute atomic E-state index is 13.9. The Kier molecular flexibility index (Phi) is 6.37. The molecule has 34 heavy (non-hydrogen) atoms. The third-order valence-corrected chi connectivity index (χ3v) is 5.04. The molecule has 0 aliphatic rings. The normalized spacial score (nSPS) is 11.9. The van der Waals surface area contributed by atoms with Crippen molar-refractivity contribution in [1.29, 1.82) is 0 Å². The number of hydrogen-bond acceptors (Lipinski definition) is 6. The minimum Gasteiger partial charge on any atom is -0.395 e. The summed E-state index contributed by atoms with van der Waals surface area (Å²) in [7, 11) is 0. The summed E-state index contributed by atoms with van der Waals surface area (Å²) in [4.78, 5) is 24.6. The maximum atomic E-state index is 13.9. The van der Waals surface area contributed by atoms with E-state index in [2.05, 4.69) is 25.4 Å². The van der Waals surface area contributed by atoms with Crippen LogP contribution >= 0.6 is 0 Å². The number of benzene rings is 1. The number of anilines is 1. The summed E-state index contributed by atoms with van der Waals surface area (Å²) in [6, 6.07) is 2.71. The first-order valence-corrected chi connectivity index (χ1v) is 10.4. The Morgan fingerprint density at radius 2 is 2.03 bits per heavy atom. The van der Waals surface area contributed by atoms with E-state index in [4.69, 9.17) is 5.11 Å². The molecule has 3 aromatic heterocycles. The molecule has 0 saturated heterocycles. The van der Waals surface area contributed by atoms with Crippen LogP contribution in [0, 0.1) is 5.82 Å². The first-order valence-electron chi connectivity index (χ1n) is 10.4. The summed E-state index contributed by atoms with van der Waals surface area (Å²) in [5.74, 6) is -0.729. The number of alkyl halides is 3. The van der Waals surface area contributed by atoms with E-state index < -0.39 is 17.6 Å². The Morgan fingerprint density at radius 1 is 1.24 bits per heavy atom. The van der Waals surface area contributed by atoms with Crippen molar-refractivity contribution in [3.05, 3.63) is 57.9 Å². The molecule has 4 aromatic rings. The number of aliphatic hydroxyl groups excluding tert-OH is 1. The van der Waals surface area contributed by atoms with E-state index in [-0.39, 0.29) is 36.4 Å². The largest absolute Gasteiger partial charge is 0.419 e. The van der Waals surface area contributed by atoms with Gasteiger partial charge in [0, 0.05) is 19.3 Å². The number of fused-ring (bicyclic) bond motifs is 1. The number of halogens is 4. The summed E-state index contributed by atoms with van der Waals surface area (Å²) in [5.41, 5.74) is -0.446. The van der Waals surface area contributed by atoms with Crippen molar-refractivity contribution in [2.75, 3.05) is 18.5 Å². The van der Waals surface area contributed by atoms with E-state index in [9.17, 15) is 22.4 Å². The standard InChI is InChI=1S/C21H21F4N7O2/c1-2-6-32-19(34)16-18(30-20(32)26-5-7-33)29-17(28-16)13-9-27-31(11-13)10-12-3-4-14(15(22)8-12)21(23,24)25/h3-4,8-9,11,33H,2,5-7,10H2,1H3,(H,26,30)(H,28,29). The highest BCUT2D eigenvalue weighted by atomic mass is 19.4. The molecule has 0 unspecified atom stereocenters. The molecule has 0 saturated carbocycles. The molecule has 13 heteroatoms. The lowest BCUT2D eigenvalue weighted by molar-refractivity contribution is -0.140. The number of nitrogens with zero attached hydrogens (tertiary/aromatic N) is 5. The summed E-state index contributed by atoms with van der Waals surface area (Å²) in [6.07, 6.45) is -1.03. The van der Waals surface area contributed by atoms with E-state index in [1.54, 1.807) is 6.20 Å². The molecule has 3 heterocycles. The fourth-order valence-electron chi connectivity index (χ4n) is 3.50. The molecule has 0 aliphatic carbocycles. The highest BCUT2D eigenvalue weighted by Crippen LogP contribution is 2.31. The minimum absolute atomic E-state index is 0.0338. The van der Waals surface area contributed by atoms with Crippen molar-refractivity contribution in [2.24, 2.45) is 0 Å². The summed E-state index contributed by atoms with van der Waals surface area (Å²) in [5, 5.41) is 16.1. The zero-order valence-corrected chi connectivity index (χ0v) is 18.0. The molecule has 180 valence electrons. The highest BCUT2D eigenvalue weighted by molar-refractivity contribution is 5.75. The van der Waals surface area contributed by atoms with Crippen molar-refractivity contribution < 1.29 is 22.7 Å². The average molecular weight is 479 g/mol. The van der Waals surface area contributed by atoms with E-state index in [1.807, 2.05) is 6.92 Å². The third-order valence-electron chi connectivity index (χ3n) is 5.04. The number of aliphatic hydroxyl groups is 1. The van der Waals surface area contributed by atoms with Gasteiger partial charge in [-0.2, -0.15) is 23.3 Å². The van der Waals surface area contributed by atoms with Crippen LogP contribution in [-0.4, -0.2) is 47.6 Å². The third kappa shape index (κ3) is 4.64. The molecule has 9 nitrogen and oxygen atoms in total. The van der Waals surface area contributed by atoms with E-state index in [0.717, 1.165) is 6.07 Å². The van der Waals surface area contributed by atoms with Gasteiger partial charge in [0.2, 0.25) is 5.95 Å². The molecule has 0 atom stereocenters. The van der Waals surface area contributed by atoms with Gasteiger partial charge in [0.05, 0.1) is 30.5 Å². The molecule has 3 N–H and O–H groups in total. The first-order chi connectivity index (χ1) is 16.2. The Bertz CT molecular complexity index is 1370. The fourth-order valence-corrected chi connectivity index (χ4v) is 3.50. The number of nitrogens with one attached hydrogen (secondary N) is 2. The maximum Gasteiger partial charge on any atom is 0.419 e. The Morgan fingerprint density at radius 3 is 2.71 bits per heavy atom. The number of aromatic amines is 1. The van der Waals surface area contributed by atoms with Gasteiger partial charge in [-0.15, -0.1) is 0 Å². The van der Waals surface area contributed by atoms with Crippen LogP contribution < -0.4 is 10.9 Å². The second kappa shape index (κ2) is 9.25. The Balaban J connectivity index is 1.62.